The topological polar surface area (TPSA) is 79.0 Å². The van der Waals surface area contributed by atoms with Gasteiger partial charge in [-0.3, -0.25) is 9.69 Å². The molecule has 1 N–H and O–H groups in total. The fraction of sp³-hybridized carbons (Fsp3) is 0.632. The van der Waals surface area contributed by atoms with Gasteiger partial charge in [0.2, 0.25) is 15.9 Å². The molecule has 1 aliphatic rings. The summed E-state index contributed by atoms with van der Waals surface area (Å²) in [5.41, 5.74) is 1.15. The number of nitrogens with zero attached hydrogens (tertiary/aromatic N) is 2. The summed E-state index contributed by atoms with van der Waals surface area (Å²) in [6, 6.07) is 5.01. The summed E-state index contributed by atoms with van der Waals surface area (Å²) in [7, 11) is -3.58. The molecule has 1 amide bonds. The average molecular weight is 398 g/mol. The molecular formula is C19H31N3O4S. The van der Waals surface area contributed by atoms with Crippen LogP contribution < -0.4 is 5.32 Å². The number of sulfonamides is 1. The number of rotatable bonds is 7. The first-order valence-electron chi connectivity index (χ1n) is 9.45. The number of aryl methyl sites for hydroxylation is 1. The molecule has 8 heteroatoms. The number of anilines is 1. The Morgan fingerprint density at radius 3 is 2.37 bits per heavy atom. The van der Waals surface area contributed by atoms with Gasteiger partial charge < -0.3 is 10.1 Å². The average Bonchev–Trinajstić information content (AvgIpc) is 2.56. The Morgan fingerprint density at radius 1 is 1.22 bits per heavy atom. The Hall–Kier alpha value is -1.48. The molecule has 2 atom stereocenters. The Labute approximate surface area is 162 Å². The molecule has 0 radical (unpaired) electrons. The Bertz CT molecular complexity index is 752. The molecule has 2 rings (SSSR count). The number of hydrogen-bond acceptors (Lipinski definition) is 5. The van der Waals surface area contributed by atoms with Crippen molar-refractivity contribution in [2.45, 2.75) is 51.7 Å². The Kier molecular flexibility index (Phi) is 7.39. The summed E-state index contributed by atoms with van der Waals surface area (Å²) >= 11 is 0. The molecule has 152 valence electrons. The highest BCUT2D eigenvalue weighted by molar-refractivity contribution is 7.89. The van der Waals surface area contributed by atoms with E-state index < -0.39 is 10.0 Å². The quantitative estimate of drug-likeness (QED) is 0.762. The standard InChI is InChI=1S/C19H31N3O4S/c1-6-22(7-2)27(24,25)18-10-17(9-8-14(18)3)20-19(23)13-21-11-15(4)26-16(5)12-21/h8-10,15-16H,6-7,11-13H2,1-5H3,(H,20,23)/t15-,16-/m0/s1. The lowest BCUT2D eigenvalue weighted by Crippen LogP contribution is -2.48. The second kappa shape index (κ2) is 9.14. The first kappa shape index (κ1) is 21.8. The van der Waals surface area contributed by atoms with Gasteiger partial charge in [-0.25, -0.2) is 8.42 Å². The maximum absolute atomic E-state index is 12.8. The van der Waals surface area contributed by atoms with E-state index in [4.69, 9.17) is 4.74 Å². The highest BCUT2D eigenvalue weighted by Gasteiger charge is 2.25. The second-order valence-corrected chi connectivity index (χ2v) is 8.98. The van der Waals surface area contributed by atoms with E-state index in [0.717, 1.165) is 0 Å². The zero-order valence-electron chi connectivity index (χ0n) is 16.9. The predicted octanol–water partition coefficient (Wildman–Crippen LogP) is 2.07. The molecule has 0 spiro atoms. The molecule has 1 aliphatic heterocycles. The van der Waals surface area contributed by atoms with E-state index in [9.17, 15) is 13.2 Å². The zero-order valence-corrected chi connectivity index (χ0v) is 17.7. The van der Waals surface area contributed by atoms with E-state index in [0.29, 0.717) is 37.4 Å². The van der Waals surface area contributed by atoms with Crippen LogP contribution in [0.5, 0.6) is 0 Å². The van der Waals surface area contributed by atoms with E-state index in [1.165, 1.54) is 4.31 Å². The van der Waals surface area contributed by atoms with Crippen LogP contribution in [0.15, 0.2) is 23.1 Å². The summed E-state index contributed by atoms with van der Waals surface area (Å²) < 4.78 is 32.8. The van der Waals surface area contributed by atoms with E-state index in [1.54, 1.807) is 25.1 Å². The van der Waals surface area contributed by atoms with Crippen molar-refractivity contribution in [3.63, 3.8) is 0 Å². The molecule has 1 aromatic carbocycles. The van der Waals surface area contributed by atoms with Crippen molar-refractivity contribution in [3.05, 3.63) is 23.8 Å². The lowest BCUT2D eigenvalue weighted by molar-refractivity contribution is -0.121. The van der Waals surface area contributed by atoms with E-state index in [1.807, 2.05) is 27.7 Å². The SMILES string of the molecule is CCN(CC)S(=O)(=O)c1cc(NC(=O)CN2C[C@H](C)O[C@@H](C)C2)ccc1C. The summed E-state index contributed by atoms with van der Waals surface area (Å²) in [5, 5.41) is 2.83. The molecule has 27 heavy (non-hydrogen) atoms. The number of hydrogen-bond donors (Lipinski definition) is 1. The fourth-order valence-electron chi connectivity index (χ4n) is 3.48. The van der Waals surface area contributed by atoms with Gasteiger partial charge in [0, 0.05) is 31.9 Å². The van der Waals surface area contributed by atoms with E-state index in [2.05, 4.69) is 10.2 Å². The Morgan fingerprint density at radius 2 is 1.81 bits per heavy atom. The first-order chi connectivity index (χ1) is 12.7. The van der Waals surface area contributed by atoms with Crippen LogP contribution in [0.3, 0.4) is 0 Å². The minimum Gasteiger partial charge on any atom is -0.373 e. The monoisotopic (exact) mass is 397 g/mol. The third kappa shape index (κ3) is 5.51. The molecule has 1 aromatic rings. The van der Waals surface area contributed by atoms with Gasteiger partial charge in [-0.15, -0.1) is 0 Å². The number of carbonyl (C=O) groups excluding carboxylic acids is 1. The molecule has 0 aromatic heterocycles. The minimum atomic E-state index is -3.58. The largest absolute Gasteiger partial charge is 0.373 e. The van der Waals surface area contributed by atoms with Crippen LogP contribution >= 0.6 is 0 Å². The van der Waals surface area contributed by atoms with Crippen LogP contribution in [0, 0.1) is 6.92 Å². The predicted molar refractivity (Wildman–Crippen MR) is 106 cm³/mol. The minimum absolute atomic E-state index is 0.0896. The van der Waals surface area contributed by atoms with Crippen molar-refractivity contribution in [1.29, 1.82) is 0 Å². The third-order valence-electron chi connectivity index (χ3n) is 4.66. The summed E-state index contributed by atoms with van der Waals surface area (Å²) in [5.74, 6) is -0.161. The van der Waals surface area contributed by atoms with Crippen molar-refractivity contribution >= 4 is 21.6 Å². The number of morpholine rings is 1. The van der Waals surface area contributed by atoms with Gasteiger partial charge in [-0.2, -0.15) is 4.31 Å². The highest BCUT2D eigenvalue weighted by atomic mass is 32.2. The molecule has 7 nitrogen and oxygen atoms in total. The van der Waals surface area contributed by atoms with Gasteiger partial charge in [-0.05, 0) is 38.5 Å². The molecule has 0 unspecified atom stereocenters. The van der Waals surface area contributed by atoms with Crippen LogP contribution in [0.4, 0.5) is 5.69 Å². The second-order valence-electron chi connectivity index (χ2n) is 7.07. The van der Waals surface area contributed by atoms with Gasteiger partial charge in [-0.1, -0.05) is 19.9 Å². The smallest absolute Gasteiger partial charge is 0.243 e. The van der Waals surface area contributed by atoms with Crippen molar-refractivity contribution in [1.82, 2.24) is 9.21 Å². The Balaban J connectivity index is 2.12. The van der Waals surface area contributed by atoms with E-state index >= 15 is 0 Å². The lowest BCUT2D eigenvalue weighted by atomic mass is 10.2. The van der Waals surface area contributed by atoms with E-state index in [-0.39, 0.29) is 29.6 Å². The van der Waals surface area contributed by atoms with Gasteiger partial charge in [0.05, 0.1) is 23.6 Å². The number of amides is 1. The van der Waals surface area contributed by atoms with Crippen LogP contribution in [-0.2, 0) is 19.6 Å². The van der Waals surface area contributed by atoms with Gasteiger partial charge in [0.15, 0.2) is 0 Å². The summed E-state index contributed by atoms with van der Waals surface area (Å²) in [6.45, 7) is 11.8. The highest BCUT2D eigenvalue weighted by Crippen LogP contribution is 2.23. The van der Waals surface area contributed by atoms with Crippen LogP contribution in [-0.4, -0.2) is 68.5 Å². The normalized spacial score (nSPS) is 21.4. The van der Waals surface area contributed by atoms with Gasteiger partial charge in [0.1, 0.15) is 0 Å². The van der Waals surface area contributed by atoms with Crippen LogP contribution in [0.25, 0.3) is 0 Å². The van der Waals surface area contributed by atoms with Crippen LogP contribution in [0.1, 0.15) is 33.3 Å². The molecule has 1 heterocycles. The third-order valence-corrected chi connectivity index (χ3v) is 6.85. The first-order valence-corrected chi connectivity index (χ1v) is 10.9. The molecule has 0 saturated carbocycles. The molecule has 0 aliphatic carbocycles. The summed E-state index contributed by atoms with van der Waals surface area (Å²) in [4.78, 5) is 14.7. The zero-order chi connectivity index (χ0) is 20.2. The van der Waals surface area contributed by atoms with Crippen molar-refractivity contribution in [3.8, 4) is 0 Å². The maximum atomic E-state index is 12.8. The number of benzene rings is 1. The number of ether oxygens (including phenoxy) is 1. The number of carbonyl (C=O) groups is 1. The summed E-state index contributed by atoms with van der Waals surface area (Å²) in [6.07, 6.45) is 0.179. The number of nitrogens with one attached hydrogen (secondary N) is 1. The van der Waals surface area contributed by atoms with Crippen molar-refractivity contribution in [2.75, 3.05) is 38.0 Å². The van der Waals surface area contributed by atoms with Gasteiger partial charge in [0.25, 0.3) is 0 Å². The molecular weight excluding hydrogens is 366 g/mol. The van der Waals surface area contributed by atoms with Gasteiger partial charge >= 0.3 is 0 Å². The molecule has 1 fully saturated rings. The van der Waals surface area contributed by atoms with Crippen LogP contribution in [0.2, 0.25) is 0 Å². The van der Waals surface area contributed by atoms with Crippen molar-refractivity contribution < 1.29 is 17.9 Å². The molecule has 1 saturated heterocycles. The fourth-order valence-corrected chi connectivity index (χ4v) is 5.18. The maximum Gasteiger partial charge on any atom is 0.243 e. The molecule has 0 bridgehead atoms. The van der Waals surface area contributed by atoms with Crippen molar-refractivity contribution in [2.24, 2.45) is 0 Å². The lowest BCUT2D eigenvalue weighted by Gasteiger charge is -2.34.